The molecule has 3 aromatic rings. The molecule has 5 nitrogen and oxygen atoms in total. The number of fused-ring (bicyclic) bond motifs is 1. The zero-order chi connectivity index (χ0) is 14.1. The highest BCUT2D eigenvalue weighted by Gasteiger charge is 2.10. The third-order valence-electron chi connectivity index (χ3n) is 3.52. The summed E-state index contributed by atoms with van der Waals surface area (Å²) in [5.74, 6) is 0.937. The minimum absolute atomic E-state index is 0.0591. The van der Waals surface area contributed by atoms with Crippen molar-refractivity contribution in [1.82, 2.24) is 19.3 Å². The fourth-order valence-electron chi connectivity index (χ4n) is 2.53. The summed E-state index contributed by atoms with van der Waals surface area (Å²) in [7, 11) is 0. The maximum absolute atomic E-state index is 9.38. The first-order valence-electron chi connectivity index (χ1n) is 6.76. The molecule has 104 valence electrons. The van der Waals surface area contributed by atoms with Crippen LogP contribution in [0.1, 0.15) is 31.3 Å². The molecule has 0 atom stereocenters. The third kappa shape index (κ3) is 2.10. The number of nitrogens with zero attached hydrogens (tertiary/aromatic N) is 4. The first-order valence-corrected chi connectivity index (χ1v) is 6.76. The molecule has 0 radical (unpaired) electrons. The van der Waals surface area contributed by atoms with Crippen molar-refractivity contribution in [2.75, 3.05) is 0 Å². The molecule has 5 heteroatoms. The van der Waals surface area contributed by atoms with Crippen molar-refractivity contribution in [3.8, 4) is 0 Å². The lowest BCUT2D eigenvalue weighted by molar-refractivity contribution is 0.283. The zero-order valence-electron chi connectivity index (χ0n) is 11.7. The Kier molecular flexibility index (Phi) is 3.28. The Bertz CT molecular complexity index is 726. The summed E-state index contributed by atoms with van der Waals surface area (Å²) in [5, 5.41) is 14.7. The number of aliphatic hydroxyl groups excluding tert-OH is 1. The maximum atomic E-state index is 9.38. The van der Waals surface area contributed by atoms with Crippen molar-refractivity contribution < 1.29 is 5.11 Å². The quantitative estimate of drug-likeness (QED) is 0.791. The molecule has 0 saturated carbocycles. The van der Waals surface area contributed by atoms with Crippen molar-refractivity contribution in [2.45, 2.75) is 33.0 Å². The minimum atomic E-state index is 0.0591. The van der Waals surface area contributed by atoms with E-state index >= 15 is 0 Å². The highest BCUT2D eigenvalue weighted by molar-refractivity contribution is 5.83. The molecular formula is C15H18N4O. The van der Waals surface area contributed by atoms with Crippen LogP contribution < -0.4 is 0 Å². The van der Waals surface area contributed by atoms with Gasteiger partial charge in [-0.2, -0.15) is 5.10 Å². The number of hydrogen-bond donors (Lipinski definition) is 1. The molecule has 0 bridgehead atoms. The molecule has 0 fully saturated rings. The van der Waals surface area contributed by atoms with E-state index in [2.05, 4.69) is 34.6 Å². The van der Waals surface area contributed by atoms with E-state index in [0.29, 0.717) is 12.6 Å². The van der Waals surface area contributed by atoms with Gasteiger partial charge in [0.1, 0.15) is 12.2 Å². The summed E-state index contributed by atoms with van der Waals surface area (Å²) < 4.78 is 4.07. The van der Waals surface area contributed by atoms with E-state index in [1.54, 1.807) is 6.33 Å². The number of aliphatic hydroxyl groups is 1. The van der Waals surface area contributed by atoms with Crippen LogP contribution in [0.25, 0.3) is 10.9 Å². The van der Waals surface area contributed by atoms with Crippen molar-refractivity contribution in [3.05, 3.63) is 48.2 Å². The van der Waals surface area contributed by atoms with Gasteiger partial charge in [0.15, 0.2) is 0 Å². The van der Waals surface area contributed by atoms with E-state index in [9.17, 15) is 5.11 Å². The summed E-state index contributed by atoms with van der Waals surface area (Å²) in [6.07, 6.45) is 3.63. The Morgan fingerprint density at radius 2 is 2.10 bits per heavy atom. The highest BCUT2D eigenvalue weighted by Crippen LogP contribution is 2.21. The Hall–Kier alpha value is -2.14. The van der Waals surface area contributed by atoms with Crippen LogP contribution in [0.2, 0.25) is 0 Å². The summed E-state index contributed by atoms with van der Waals surface area (Å²) in [5.41, 5.74) is 2.06. The Labute approximate surface area is 117 Å². The van der Waals surface area contributed by atoms with Crippen LogP contribution in [0.3, 0.4) is 0 Å². The average Bonchev–Trinajstić information content (AvgIpc) is 3.06. The standard InChI is InChI=1S/C15H18N4O/c1-11(2)19-15(16-10-17-19)8-18-7-6-13-12(9-20)4-3-5-14(13)18/h3-7,10-11,20H,8-9H2,1-2H3. The van der Waals surface area contributed by atoms with Gasteiger partial charge < -0.3 is 9.67 Å². The van der Waals surface area contributed by atoms with Crippen molar-refractivity contribution >= 4 is 10.9 Å². The van der Waals surface area contributed by atoms with Gasteiger partial charge in [-0.3, -0.25) is 0 Å². The molecule has 0 unspecified atom stereocenters. The normalized spacial score (nSPS) is 11.6. The molecule has 0 aliphatic heterocycles. The SMILES string of the molecule is CC(C)n1ncnc1Cn1ccc2c(CO)cccc21. The highest BCUT2D eigenvalue weighted by atomic mass is 16.3. The first kappa shape index (κ1) is 12.9. The summed E-state index contributed by atoms with van der Waals surface area (Å²) in [6.45, 7) is 4.92. The minimum Gasteiger partial charge on any atom is -0.392 e. The third-order valence-corrected chi connectivity index (χ3v) is 3.52. The second-order valence-electron chi connectivity index (χ2n) is 5.17. The van der Waals surface area contributed by atoms with Gasteiger partial charge in [-0.25, -0.2) is 9.67 Å². The average molecular weight is 270 g/mol. The van der Waals surface area contributed by atoms with Crippen molar-refractivity contribution in [3.63, 3.8) is 0 Å². The van der Waals surface area contributed by atoms with E-state index in [1.165, 1.54) is 0 Å². The molecule has 0 aliphatic carbocycles. The second kappa shape index (κ2) is 5.09. The zero-order valence-corrected chi connectivity index (χ0v) is 11.7. The van der Waals surface area contributed by atoms with Gasteiger partial charge in [-0.15, -0.1) is 0 Å². The van der Waals surface area contributed by atoms with Crippen LogP contribution in [-0.4, -0.2) is 24.4 Å². The second-order valence-corrected chi connectivity index (χ2v) is 5.17. The fourth-order valence-corrected chi connectivity index (χ4v) is 2.53. The summed E-state index contributed by atoms with van der Waals surface area (Å²) in [4.78, 5) is 4.34. The largest absolute Gasteiger partial charge is 0.392 e. The van der Waals surface area contributed by atoms with Gasteiger partial charge >= 0.3 is 0 Å². The van der Waals surface area contributed by atoms with Crippen LogP contribution in [0, 0.1) is 0 Å². The molecule has 0 saturated heterocycles. The van der Waals surface area contributed by atoms with Gasteiger partial charge in [0, 0.05) is 23.1 Å². The predicted octanol–water partition coefficient (Wildman–Crippen LogP) is 2.35. The van der Waals surface area contributed by atoms with Gasteiger partial charge in [0.05, 0.1) is 13.2 Å². The topological polar surface area (TPSA) is 55.9 Å². The molecule has 1 N–H and O–H groups in total. The van der Waals surface area contributed by atoms with Crippen molar-refractivity contribution in [1.29, 1.82) is 0 Å². The van der Waals surface area contributed by atoms with Crippen LogP contribution in [0.5, 0.6) is 0 Å². The molecular weight excluding hydrogens is 252 g/mol. The molecule has 2 aromatic heterocycles. The lowest BCUT2D eigenvalue weighted by Gasteiger charge is -2.11. The van der Waals surface area contributed by atoms with Gasteiger partial charge in [0.2, 0.25) is 0 Å². The smallest absolute Gasteiger partial charge is 0.147 e. The molecule has 2 heterocycles. The van der Waals surface area contributed by atoms with Crippen LogP contribution >= 0.6 is 0 Å². The van der Waals surface area contributed by atoms with E-state index in [0.717, 1.165) is 22.3 Å². The summed E-state index contributed by atoms with van der Waals surface area (Å²) >= 11 is 0. The predicted molar refractivity (Wildman–Crippen MR) is 77.4 cm³/mol. The lowest BCUT2D eigenvalue weighted by Crippen LogP contribution is -2.11. The number of benzene rings is 1. The molecule has 1 aromatic carbocycles. The van der Waals surface area contributed by atoms with Gasteiger partial charge in [-0.05, 0) is 31.5 Å². The van der Waals surface area contributed by atoms with E-state index in [1.807, 2.05) is 29.1 Å². The first-order chi connectivity index (χ1) is 9.70. The van der Waals surface area contributed by atoms with E-state index < -0.39 is 0 Å². The fraction of sp³-hybridized carbons (Fsp3) is 0.333. The van der Waals surface area contributed by atoms with Crippen molar-refractivity contribution in [2.24, 2.45) is 0 Å². The lowest BCUT2D eigenvalue weighted by atomic mass is 10.1. The Morgan fingerprint density at radius 3 is 2.85 bits per heavy atom. The molecule has 20 heavy (non-hydrogen) atoms. The Morgan fingerprint density at radius 1 is 1.25 bits per heavy atom. The van der Waals surface area contributed by atoms with Crippen LogP contribution in [0.4, 0.5) is 0 Å². The molecule has 0 spiro atoms. The van der Waals surface area contributed by atoms with Gasteiger partial charge in [-0.1, -0.05) is 12.1 Å². The maximum Gasteiger partial charge on any atom is 0.147 e. The monoisotopic (exact) mass is 270 g/mol. The van der Waals surface area contributed by atoms with E-state index in [-0.39, 0.29) is 6.61 Å². The number of rotatable bonds is 4. The van der Waals surface area contributed by atoms with Crippen LogP contribution in [0.15, 0.2) is 36.8 Å². The number of hydrogen-bond acceptors (Lipinski definition) is 3. The molecule has 3 rings (SSSR count). The van der Waals surface area contributed by atoms with Gasteiger partial charge in [0.25, 0.3) is 0 Å². The molecule has 0 aliphatic rings. The Balaban J connectivity index is 2.01. The van der Waals surface area contributed by atoms with E-state index in [4.69, 9.17) is 0 Å². The number of aromatic nitrogens is 4. The van der Waals surface area contributed by atoms with Crippen LogP contribution in [-0.2, 0) is 13.2 Å². The summed E-state index contributed by atoms with van der Waals surface area (Å²) in [6, 6.07) is 8.31. The molecule has 0 amide bonds.